The van der Waals surface area contributed by atoms with Crippen molar-refractivity contribution in [1.82, 2.24) is 114 Å². The van der Waals surface area contributed by atoms with Crippen molar-refractivity contribution in [2.75, 3.05) is 53.9 Å². The van der Waals surface area contributed by atoms with Crippen LogP contribution in [0.2, 0.25) is 0 Å². The van der Waals surface area contributed by atoms with Crippen LogP contribution in [0, 0.1) is 6.92 Å². The number of benzene rings is 10. The summed E-state index contributed by atoms with van der Waals surface area (Å²) in [5.41, 5.74) is 39.6. The topological polar surface area (TPSA) is 555 Å². The molecular formula is C106H106N24O19. The Labute approximate surface area is 853 Å². The van der Waals surface area contributed by atoms with Crippen LogP contribution >= 0.6 is 0 Å². The van der Waals surface area contributed by atoms with Crippen LogP contribution in [0.25, 0.3) is 10.9 Å². The van der Waals surface area contributed by atoms with Crippen LogP contribution in [0.5, 0.6) is 0 Å². The number of Topliss-reactive ketones (excluding diaryl/α,β-unsaturated/α-hetero) is 1. The molecular weight excluding hydrogens is 1910 g/mol. The molecule has 0 aliphatic carbocycles. The van der Waals surface area contributed by atoms with E-state index in [2.05, 4.69) is 74.3 Å². The highest BCUT2D eigenvalue weighted by molar-refractivity contribution is 6.26. The predicted molar refractivity (Wildman–Crippen MR) is 542 cm³/mol. The lowest BCUT2D eigenvalue weighted by Gasteiger charge is -2.19. The molecule has 2 aromatic heterocycles. The summed E-state index contributed by atoms with van der Waals surface area (Å²) in [6, 6.07) is 69.9. The van der Waals surface area contributed by atoms with Gasteiger partial charge in [-0.05, 0) is 148 Å². The van der Waals surface area contributed by atoms with Gasteiger partial charge in [0.2, 0.25) is 11.8 Å². The number of nitrogens with one attached hydrogen (secondary N) is 12. The Bertz CT molecular complexity index is 6980. The fourth-order valence-corrected chi connectivity index (χ4v) is 15.5. The predicted octanol–water partition coefficient (Wildman–Crippen LogP) is 7.01. The highest BCUT2D eigenvalue weighted by atomic mass is 16.2. The number of likely N-dealkylation sites (N-methyl/N-ethyl adjacent to an activating group) is 1. The SMILES string of the molecule is CC(=O)CCNN1C(=O)c2ccccc2C1=O.CCC(C)NN1C(=O)c2ccccc2C1=O.CN=C(N)NCCCNN1C(=O)c2ccccc2C1=O.CNC(=O)CCNN1C(=O)c2ccccc2C1=O.CNC(=O)CNN1C(=O)c2ccccc2C1=O.Cc1ccc(CNN2C(=O)c3ccccc3C2=O)cc1.Cn1cncc1CNN1C(=O)c2ccccc2C1=O.O=C1c2ccccc2C(=O)N1NCc1c[nH]c2ccccc12. The number of nitrogens with zero attached hydrogens (tertiary/aromatic N) is 11. The maximum absolute atomic E-state index is 12.3. The summed E-state index contributed by atoms with van der Waals surface area (Å²) >= 11 is 0. The monoisotopic (exact) mass is 2020 g/mol. The standard InChI is InChI=1S/C17H13N3O2.C16H14N2O2.C13H17N5O2.C13H12N4O2.C12H13N3O3.C12H12N2O3.C12H14N2O2.C11H11N3O3/c21-16-13-6-1-2-7-14(13)17(22)20(16)19-10-11-9-18-15-8-4-3-5-12(11)15;1-11-6-8-12(9-7-11)10-17-18-15(19)13-4-2-3-5-14(13)16(18)20;1-15-13(14)16-7-4-8-17-18-11(19)9-5-2-3-6-10(9)12(18)20;1-16-8-14-6-9(16)7-15-17-12(18)10-4-2-3-5-11(10)13(17)19;1-13-10(16)6-7-14-15-11(17)8-4-2-3-5-9(8)12(15)18;1-8(15)6-7-13-14-11(16)9-4-2-3-5-10(9)12(14)17;1-3-8(2)13-14-11(15)9-6-4-5-7-10(9)12(14)16;1-12-9(15)6-13-14-10(16)7-4-2-3-5-8(7)11(14)17/h1-9,18-19H,10H2;2-9,17H,10H2,1H3;2-3,5-6,17H,4,7-8H2,1H3,(H3,14,15,16);2-6,8,15H,7H2,1H3;2-5,14H,6-7H2,1H3,(H,13,16);2-5,13H,6-7H2,1H3;4-8,13H,3H2,1-2H3;2-5,13H,6H2,1H3,(H,12,15). The fourth-order valence-electron chi connectivity index (χ4n) is 15.5. The van der Waals surface area contributed by atoms with Gasteiger partial charge in [-0.15, -0.1) is 0 Å². The number of fused-ring (bicyclic) bond motifs is 9. The lowest BCUT2D eigenvalue weighted by atomic mass is 10.1. The number of imide groups is 8. The van der Waals surface area contributed by atoms with E-state index in [-0.39, 0.29) is 139 Å². The lowest BCUT2D eigenvalue weighted by molar-refractivity contribution is -0.121. The second kappa shape index (κ2) is 50.2. The Balaban J connectivity index is 0.000000142. The summed E-state index contributed by atoms with van der Waals surface area (Å²) in [4.78, 5) is 236. The molecule has 0 spiro atoms. The Kier molecular flexibility index (Phi) is 36.4. The van der Waals surface area contributed by atoms with Gasteiger partial charge in [0.05, 0.1) is 114 Å². The van der Waals surface area contributed by atoms with Gasteiger partial charge in [0.1, 0.15) is 5.78 Å². The Morgan fingerprint density at radius 3 is 0.993 bits per heavy atom. The summed E-state index contributed by atoms with van der Waals surface area (Å²) in [5.74, 6) is -5.43. The average Bonchev–Trinajstić information content (AvgIpc) is 1.65. The van der Waals surface area contributed by atoms with Crippen LogP contribution in [0.3, 0.4) is 0 Å². The van der Waals surface area contributed by atoms with E-state index in [1.165, 1.54) is 26.6 Å². The molecule has 43 nitrogen and oxygen atoms in total. The average molecular weight is 2020 g/mol. The van der Waals surface area contributed by atoms with Crippen molar-refractivity contribution in [3.63, 3.8) is 0 Å². The second-order valence-corrected chi connectivity index (χ2v) is 33.7. The molecule has 8 aliphatic rings. The van der Waals surface area contributed by atoms with Crippen LogP contribution in [0.15, 0.2) is 266 Å². The Morgan fingerprint density at radius 2 is 0.671 bits per heavy atom. The van der Waals surface area contributed by atoms with Crippen molar-refractivity contribution in [3.05, 3.63) is 373 Å². The number of ketones is 1. The third-order valence-electron chi connectivity index (χ3n) is 23.8. The number of carbonyl (C=O) groups excluding carboxylic acids is 19. The smallest absolute Gasteiger partial charge is 0.276 e. The third-order valence-corrected chi connectivity index (χ3v) is 23.8. The molecule has 10 heterocycles. The number of hydrogen-bond donors (Lipinski definition) is 13. The van der Waals surface area contributed by atoms with Gasteiger partial charge in [0.15, 0.2) is 5.96 Å². The van der Waals surface area contributed by atoms with E-state index in [0.29, 0.717) is 134 Å². The Morgan fingerprint density at radius 1 is 0.369 bits per heavy atom. The molecule has 0 saturated heterocycles. The van der Waals surface area contributed by atoms with Crippen molar-refractivity contribution < 1.29 is 91.1 Å². The fraction of sp³-hybridized carbons (Fsp3) is 0.198. The van der Waals surface area contributed by atoms with E-state index in [1.54, 1.807) is 214 Å². The zero-order valence-electron chi connectivity index (χ0n) is 82.1. The third kappa shape index (κ3) is 25.2. The first-order chi connectivity index (χ1) is 71.8. The maximum atomic E-state index is 12.3. The number of aryl methyl sites for hydroxylation is 2. The number of hydrazine groups is 8. The number of nitrogens with two attached hydrogens (primary N) is 1. The first-order valence-electron chi connectivity index (χ1n) is 47.0. The van der Waals surface area contributed by atoms with Crippen LogP contribution in [-0.4, -0.2) is 233 Å². The zero-order chi connectivity index (χ0) is 107. The van der Waals surface area contributed by atoms with Gasteiger partial charge in [0, 0.05) is 110 Å². The minimum atomic E-state index is -0.436. The minimum absolute atomic E-state index is 0.00843. The van der Waals surface area contributed by atoms with Crippen LogP contribution in [0.4, 0.5) is 0 Å². The molecule has 764 valence electrons. The lowest BCUT2D eigenvalue weighted by Crippen LogP contribution is -2.46. The maximum Gasteiger partial charge on any atom is 0.276 e. The van der Waals surface area contributed by atoms with Crippen molar-refractivity contribution in [2.24, 2.45) is 17.8 Å². The van der Waals surface area contributed by atoms with Gasteiger partial charge in [-0.1, -0.05) is 152 Å². The number of rotatable bonds is 28. The number of imidazole rings is 1. The molecule has 12 aromatic rings. The van der Waals surface area contributed by atoms with Gasteiger partial charge in [-0.3, -0.25) is 96.1 Å². The molecule has 8 aliphatic heterocycles. The first kappa shape index (κ1) is 108. The van der Waals surface area contributed by atoms with E-state index in [1.807, 2.05) is 87.1 Å². The molecule has 0 radical (unpaired) electrons. The van der Waals surface area contributed by atoms with Crippen molar-refractivity contribution in [1.29, 1.82) is 0 Å². The van der Waals surface area contributed by atoms with Crippen molar-refractivity contribution in [3.8, 4) is 0 Å². The molecule has 1 unspecified atom stereocenters. The molecule has 43 heteroatoms. The number of amides is 18. The summed E-state index contributed by atoms with van der Waals surface area (Å²) in [6.07, 6.45) is 7.27. The van der Waals surface area contributed by atoms with Crippen LogP contribution < -0.4 is 65.1 Å². The van der Waals surface area contributed by atoms with Crippen molar-refractivity contribution in [2.45, 2.75) is 79.1 Å². The van der Waals surface area contributed by atoms with E-state index >= 15 is 0 Å². The summed E-state index contributed by atoms with van der Waals surface area (Å²) < 4.78 is 1.82. The number of aromatic nitrogens is 3. The van der Waals surface area contributed by atoms with Gasteiger partial charge in [0.25, 0.3) is 94.5 Å². The summed E-state index contributed by atoms with van der Waals surface area (Å²) in [6.45, 7) is 10.1. The van der Waals surface area contributed by atoms with Crippen molar-refractivity contribution >= 4 is 129 Å². The zero-order valence-corrected chi connectivity index (χ0v) is 82.1. The normalized spacial score (nSPS) is 14.3. The molecule has 18 amide bonds. The summed E-state index contributed by atoms with van der Waals surface area (Å²) in [5, 5.41) is 17.0. The second-order valence-electron chi connectivity index (χ2n) is 33.7. The van der Waals surface area contributed by atoms with Crippen LogP contribution in [0.1, 0.15) is 235 Å². The minimum Gasteiger partial charge on any atom is -0.370 e. The van der Waals surface area contributed by atoms with E-state index in [0.717, 1.165) is 74.2 Å². The number of para-hydroxylation sites is 1. The molecule has 0 bridgehead atoms. The quantitative estimate of drug-likeness (QED) is 0.0101. The molecule has 1 atom stereocenters. The van der Waals surface area contributed by atoms with Gasteiger partial charge >= 0.3 is 0 Å². The molecule has 149 heavy (non-hydrogen) atoms. The van der Waals surface area contributed by atoms with E-state index < -0.39 is 11.8 Å². The first-order valence-corrected chi connectivity index (χ1v) is 47.0. The Hall–Kier alpha value is -18.4. The number of H-pyrrole nitrogens is 1. The number of aromatic amines is 1. The number of carbonyl (C=O) groups is 19. The number of hydrogen-bond acceptors (Lipinski definition) is 29. The highest BCUT2D eigenvalue weighted by Gasteiger charge is 2.43. The molecule has 0 fully saturated rings. The highest BCUT2D eigenvalue weighted by Crippen LogP contribution is 2.30. The number of aliphatic imine (C=N–C) groups is 1. The van der Waals surface area contributed by atoms with Gasteiger partial charge in [-0.2, -0.15) is 0 Å². The molecule has 14 N–H and O–H groups in total. The van der Waals surface area contributed by atoms with E-state index in [9.17, 15) is 91.1 Å². The molecule has 20 rings (SSSR count). The van der Waals surface area contributed by atoms with E-state index in [4.69, 9.17) is 5.73 Å². The summed E-state index contributed by atoms with van der Waals surface area (Å²) in [7, 11) is 6.46. The van der Waals surface area contributed by atoms with Gasteiger partial charge < -0.3 is 31.2 Å². The molecule has 10 aromatic carbocycles. The molecule has 0 saturated carbocycles. The van der Waals surface area contributed by atoms with Crippen LogP contribution in [-0.2, 0) is 41.1 Å². The largest absolute Gasteiger partial charge is 0.370 e. The van der Waals surface area contributed by atoms with Gasteiger partial charge in [-0.25, -0.2) is 88.5 Å². The number of guanidine groups is 1.